The standard InChI is InChI=1S/C26H39N3O4S/c1-6-8-15-27-23(30)22(19-12-9-11-18(7-2)16-19)29(20-13-10-14-20)24(31)21(17-34)28-25(32)33-26(3,4)5/h7,9,11-12,16,20-22,34H,2,6,8,10,13-15,17H2,1,3-5H3,(H,27,30)(H,28,32). The smallest absolute Gasteiger partial charge is 0.408 e. The molecule has 1 aromatic rings. The predicted octanol–water partition coefficient (Wildman–Crippen LogP) is 4.49. The van der Waals surface area contributed by atoms with E-state index in [9.17, 15) is 14.4 Å². The summed E-state index contributed by atoms with van der Waals surface area (Å²) in [5, 5.41) is 5.65. The maximum atomic E-state index is 13.8. The van der Waals surface area contributed by atoms with Gasteiger partial charge in [-0.2, -0.15) is 12.6 Å². The first-order valence-corrected chi connectivity index (χ1v) is 12.7. The van der Waals surface area contributed by atoms with Crippen molar-refractivity contribution in [3.05, 3.63) is 42.0 Å². The summed E-state index contributed by atoms with van der Waals surface area (Å²) < 4.78 is 5.34. The molecule has 0 bridgehead atoms. The number of alkyl carbamates (subject to hydrolysis) is 1. The second-order valence-corrected chi connectivity index (χ2v) is 10.00. The Labute approximate surface area is 209 Å². The number of thiol groups is 1. The number of hydrogen-bond acceptors (Lipinski definition) is 5. The fourth-order valence-electron chi connectivity index (χ4n) is 3.78. The first kappa shape index (κ1) is 27.8. The van der Waals surface area contributed by atoms with Crippen molar-refractivity contribution >= 4 is 36.6 Å². The van der Waals surface area contributed by atoms with Crippen LogP contribution in [0.25, 0.3) is 6.08 Å². The maximum absolute atomic E-state index is 13.8. The number of unbranched alkanes of at least 4 members (excludes halogenated alkanes) is 1. The highest BCUT2D eigenvalue weighted by molar-refractivity contribution is 7.80. The Bertz CT molecular complexity index is 864. The van der Waals surface area contributed by atoms with Gasteiger partial charge in [0.2, 0.25) is 11.8 Å². The van der Waals surface area contributed by atoms with Crippen molar-refractivity contribution in [3.8, 4) is 0 Å². The van der Waals surface area contributed by atoms with E-state index in [4.69, 9.17) is 4.74 Å². The highest BCUT2D eigenvalue weighted by Gasteiger charge is 2.41. The molecule has 2 atom stereocenters. The average Bonchev–Trinajstić information content (AvgIpc) is 2.74. The Hall–Kier alpha value is -2.48. The van der Waals surface area contributed by atoms with Gasteiger partial charge in [0.05, 0.1) is 0 Å². The maximum Gasteiger partial charge on any atom is 0.408 e. The quantitative estimate of drug-likeness (QED) is 0.316. The summed E-state index contributed by atoms with van der Waals surface area (Å²) >= 11 is 4.33. The summed E-state index contributed by atoms with van der Waals surface area (Å²) in [6.07, 6.45) is 5.41. The molecule has 0 heterocycles. The monoisotopic (exact) mass is 489 g/mol. The number of ether oxygens (including phenoxy) is 1. The molecule has 0 spiro atoms. The number of amides is 3. The van der Waals surface area contributed by atoms with Crippen molar-refractivity contribution in [2.24, 2.45) is 0 Å². The predicted molar refractivity (Wildman–Crippen MR) is 139 cm³/mol. The van der Waals surface area contributed by atoms with Crippen molar-refractivity contribution in [2.75, 3.05) is 12.3 Å². The fourth-order valence-corrected chi connectivity index (χ4v) is 4.02. The van der Waals surface area contributed by atoms with E-state index in [1.54, 1.807) is 31.7 Å². The molecule has 0 aromatic heterocycles. The van der Waals surface area contributed by atoms with Gasteiger partial charge >= 0.3 is 6.09 Å². The fraction of sp³-hybridized carbons (Fsp3) is 0.577. The number of rotatable bonds is 11. The second-order valence-electron chi connectivity index (χ2n) is 9.63. The van der Waals surface area contributed by atoms with Gasteiger partial charge in [0, 0.05) is 18.3 Å². The van der Waals surface area contributed by atoms with E-state index >= 15 is 0 Å². The number of nitrogens with zero attached hydrogens (tertiary/aromatic N) is 1. The van der Waals surface area contributed by atoms with Gasteiger partial charge in [-0.05, 0) is 63.6 Å². The molecule has 34 heavy (non-hydrogen) atoms. The average molecular weight is 490 g/mol. The van der Waals surface area contributed by atoms with Crippen LogP contribution in [0.3, 0.4) is 0 Å². The lowest BCUT2D eigenvalue weighted by atomic mass is 9.88. The van der Waals surface area contributed by atoms with Gasteiger partial charge in [-0.1, -0.05) is 44.2 Å². The lowest BCUT2D eigenvalue weighted by Crippen LogP contribution is -2.58. The van der Waals surface area contributed by atoms with Crippen molar-refractivity contribution in [2.45, 2.75) is 83.5 Å². The summed E-state index contributed by atoms with van der Waals surface area (Å²) in [5.74, 6) is -0.492. The SMILES string of the molecule is C=Cc1cccc(C(C(=O)NCCCC)N(C(=O)C(CS)NC(=O)OC(C)(C)C)C2CCC2)c1. The van der Waals surface area contributed by atoms with Crippen molar-refractivity contribution in [1.29, 1.82) is 0 Å². The first-order valence-electron chi connectivity index (χ1n) is 12.0. The molecule has 2 unspecified atom stereocenters. The van der Waals surface area contributed by atoms with Crippen molar-refractivity contribution < 1.29 is 19.1 Å². The van der Waals surface area contributed by atoms with Gasteiger partial charge in [0.25, 0.3) is 0 Å². The second kappa shape index (κ2) is 12.8. The zero-order valence-corrected chi connectivity index (χ0v) is 21.7. The van der Waals surface area contributed by atoms with E-state index in [0.717, 1.165) is 37.7 Å². The molecule has 0 radical (unpaired) electrons. The van der Waals surface area contributed by atoms with Crippen LogP contribution in [0.5, 0.6) is 0 Å². The molecule has 3 amide bonds. The van der Waals surface area contributed by atoms with Gasteiger partial charge in [0.15, 0.2) is 0 Å². The third-order valence-electron chi connectivity index (χ3n) is 5.71. The van der Waals surface area contributed by atoms with E-state index in [1.807, 2.05) is 24.3 Å². The van der Waals surface area contributed by atoms with Crippen LogP contribution in [0.4, 0.5) is 4.79 Å². The Kier molecular flexibility index (Phi) is 10.5. The van der Waals surface area contributed by atoms with Crippen LogP contribution in [0.1, 0.15) is 77.0 Å². The third-order valence-corrected chi connectivity index (χ3v) is 6.08. The zero-order chi connectivity index (χ0) is 25.3. The molecular weight excluding hydrogens is 450 g/mol. The zero-order valence-electron chi connectivity index (χ0n) is 20.8. The molecule has 1 aliphatic rings. The van der Waals surface area contributed by atoms with E-state index < -0.39 is 23.8 Å². The molecule has 1 saturated carbocycles. The molecule has 1 aromatic carbocycles. The Balaban J connectivity index is 2.41. The van der Waals surface area contributed by atoms with Gasteiger partial charge in [-0.3, -0.25) is 9.59 Å². The number of hydrogen-bond donors (Lipinski definition) is 3. The molecule has 1 aliphatic carbocycles. The first-order chi connectivity index (χ1) is 16.1. The van der Waals surface area contributed by atoms with Crippen LogP contribution >= 0.6 is 12.6 Å². The third kappa shape index (κ3) is 7.79. The molecule has 2 rings (SSSR count). The van der Waals surface area contributed by atoms with Crippen LogP contribution < -0.4 is 10.6 Å². The Morgan fingerprint density at radius 3 is 2.53 bits per heavy atom. The molecule has 2 N–H and O–H groups in total. The van der Waals surface area contributed by atoms with E-state index in [1.165, 1.54) is 0 Å². The van der Waals surface area contributed by atoms with Gasteiger partial charge in [0.1, 0.15) is 17.7 Å². The molecule has 188 valence electrons. The molecule has 0 saturated heterocycles. The summed E-state index contributed by atoms with van der Waals surface area (Å²) in [4.78, 5) is 41.3. The van der Waals surface area contributed by atoms with Gasteiger partial charge in [-0.15, -0.1) is 0 Å². The van der Waals surface area contributed by atoms with Gasteiger partial charge < -0.3 is 20.3 Å². The lowest BCUT2D eigenvalue weighted by Gasteiger charge is -2.43. The minimum Gasteiger partial charge on any atom is -0.444 e. The van der Waals surface area contributed by atoms with Crippen molar-refractivity contribution in [1.82, 2.24) is 15.5 Å². The highest BCUT2D eigenvalue weighted by atomic mass is 32.1. The number of benzene rings is 1. The Morgan fingerprint density at radius 1 is 1.29 bits per heavy atom. The van der Waals surface area contributed by atoms with Crippen LogP contribution in [-0.2, 0) is 14.3 Å². The Morgan fingerprint density at radius 2 is 2.00 bits per heavy atom. The number of carbonyl (C=O) groups excluding carboxylic acids is 3. The minimum atomic E-state index is -0.924. The normalized spacial score (nSPS) is 15.4. The van der Waals surface area contributed by atoms with E-state index in [0.29, 0.717) is 12.1 Å². The van der Waals surface area contributed by atoms with E-state index in [-0.39, 0.29) is 23.6 Å². The number of nitrogens with one attached hydrogen (secondary N) is 2. The largest absolute Gasteiger partial charge is 0.444 e. The topological polar surface area (TPSA) is 87.7 Å². The van der Waals surface area contributed by atoms with Crippen LogP contribution in [0.2, 0.25) is 0 Å². The molecule has 8 heteroatoms. The number of carbonyl (C=O) groups is 3. The molecule has 1 fully saturated rings. The summed E-state index contributed by atoms with van der Waals surface area (Å²) in [6, 6.07) is 5.66. The molecule has 7 nitrogen and oxygen atoms in total. The molecular formula is C26H39N3O4S. The van der Waals surface area contributed by atoms with E-state index in [2.05, 4.69) is 36.8 Å². The van der Waals surface area contributed by atoms with Gasteiger partial charge in [-0.25, -0.2) is 4.79 Å². The summed E-state index contributed by atoms with van der Waals surface area (Å²) in [6.45, 7) is 11.7. The van der Waals surface area contributed by atoms with Crippen LogP contribution in [-0.4, -0.2) is 52.8 Å². The lowest BCUT2D eigenvalue weighted by molar-refractivity contribution is -0.147. The summed E-state index contributed by atoms with van der Waals surface area (Å²) in [7, 11) is 0. The molecule has 0 aliphatic heterocycles. The van der Waals surface area contributed by atoms with Crippen LogP contribution in [0.15, 0.2) is 30.8 Å². The van der Waals surface area contributed by atoms with Crippen LogP contribution in [0, 0.1) is 0 Å². The van der Waals surface area contributed by atoms with Crippen molar-refractivity contribution in [3.63, 3.8) is 0 Å². The minimum absolute atomic E-state index is 0.0815. The highest BCUT2D eigenvalue weighted by Crippen LogP contribution is 2.34. The summed E-state index contributed by atoms with van der Waals surface area (Å²) in [5.41, 5.74) is 0.874.